The summed E-state index contributed by atoms with van der Waals surface area (Å²) in [5.41, 5.74) is 1.17. The van der Waals surface area contributed by atoms with Crippen LogP contribution in [0.25, 0.3) is 11.0 Å². The number of imidazole rings is 1. The monoisotopic (exact) mass is 360 g/mol. The van der Waals surface area contributed by atoms with E-state index in [-0.39, 0.29) is 23.6 Å². The largest absolute Gasteiger partial charge is 0.444 e. The van der Waals surface area contributed by atoms with Gasteiger partial charge in [-0.15, -0.1) is 0 Å². The van der Waals surface area contributed by atoms with Crippen LogP contribution in [-0.2, 0) is 9.53 Å². The van der Waals surface area contributed by atoms with Crippen LogP contribution in [0.15, 0.2) is 23.0 Å². The summed E-state index contributed by atoms with van der Waals surface area (Å²) < 4.78 is 5.37. The van der Waals surface area contributed by atoms with Crippen molar-refractivity contribution in [2.24, 2.45) is 5.92 Å². The highest BCUT2D eigenvalue weighted by Gasteiger charge is 2.29. The number of carbonyl (C=O) groups is 2. The summed E-state index contributed by atoms with van der Waals surface area (Å²) in [7, 11) is 0. The van der Waals surface area contributed by atoms with E-state index < -0.39 is 5.60 Å². The first-order chi connectivity index (χ1) is 12.2. The number of hydrogen-bond donors (Lipinski definition) is 3. The number of ether oxygens (including phenoxy) is 1. The molecule has 0 saturated carbocycles. The number of nitrogens with one attached hydrogen (secondary N) is 3. The fourth-order valence-corrected chi connectivity index (χ4v) is 3.01. The van der Waals surface area contributed by atoms with Crippen molar-refractivity contribution in [1.29, 1.82) is 0 Å². The zero-order valence-electron chi connectivity index (χ0n) is 15.2. The van der Waals surface area contributed by atoms with E-state index in [1.54, 1.807) is 23.1 Å². The molecule has 2 amide bonds. The quantitative estimate of drug-likeness (QED) is 0.764. The van der Waals surface area contributed by atoms with E-state index in [1.807, 2.05) is 20.8 Å². The Bertz CT molecular complexity index is 869. The molecular formula is C18H24N4O4. The van der Waals surface area contributed by atoms with Gasteiger partial charge in [0.15, 0.2) is 0 Å². The standard InChI is InChI=1S/C18H24N4O4/c1-18(2,3)26-17(25)22-8-6-11(7-9-22)15(23)19-12-4-5-13-14(10-12)21-16(24)20-13/h4-5,10-11H,6-9H2,1-3H3,(H,19,23)(H2,20,21,24). The number of benzene rings is 1. The van der Waals surface area contributed by atoms with Crippen molar-refractivity contribution in [2.45, 2.75) is 39.2 Å². The molecule has 3 N–H and O–H groups in total. The molecule has 1 fully saturated rings. The molecule has 8 heteroatoms. The maximum Gasteiger partial charge on any atom is 0.410 e. The number of anilines is 1. The van der Waals surface area contributed by atoms with Gasteiger partial charge in [-0.1, -0.05) is 0 Å². The van der Waals surface area contributed by atoms with Gasteiger partial charge in [0, 0.05) is 24.7 Å². The lowest BCUT2D eigenvalue weighted by molar-refractivity contribution is -0.121. The minimum absolute atomic E-state index is 0.0777. The number of hydrogen-bond acceptors (Lipinski definition) is 4. The number of fused-ring (bicyclic) bond motifs is 1. The number of nitrogens with zero attached hydrogens (tertiary/aromatic N) is 1. The Morgan fingerprint density at radius 2 is 1.81 bits per heavy atom. The summed E-state index contributed by atoms with van der Waals surface area (Å²) in [4.78, 5) is 42.8. The minimum atomic E-state index is -0.525. The molecule has 0 spiro atoms. The van der Waals surface area contributed by atoms with Gasteiger partial charge >= 0.3 is 11.8 Å². The summed E-state index contributed by atoms with van der Waals surface area (Å²) >= 11 is 0. The van der Waals surface area contributed by atoms with Crippen molar-refractivity contribution < 1.29 is 14.3 Å². The molecule has 1 aromatic heterocycles. The third kappa shape index (κ3) is 4.25. The van der Waals surface area contributed by atoms with Gasteiger partial charge in [0.1, 0.15) is 5.60 Å². The molecule has 1 aliphatic rings. The number of likely N-dealkylation sites (tertiary alicyclic amines) is 1. The molecular weight excluding hydrogens is 336 g/mol. The lowest BCUT2D eigenvalue weighted by atomic mass is 9.96. The van der Waals surface area contributed by atoms with E-state index in [1.165, 1.54) is 0 Å². The molecule has 8 nitrogen and oxygen atoms in total. The van der Waals surface area contributed by atoms with Crippen molar-refractivity contribution in [3.8, 4) is 0 Å². The van der Waals surface area contributed by atoms with Gasteiger partial charge in [0.05, 0.1) is 11.0 Å². The Balaban J connectivity index is 1.56. The first-order valence-corrected chi connectivity index (χ1v) is 8.72. The van der Waals surface area contributed by atoms with Crippen molar-refractivity contribution in [1.82, 2.24) is 14.9 Å². The fraction of sp³-hybridized carbons (Fsp3) is 0.500. The van der Waals surface area contributed by atoms with E-state index in [4.69, 9.17) is 4.74 Å². The highest BCUT2D eigenvalue weighted by molar-refractivity contribution is 5.94. The van der Waals surface area contributed by atoms with E-state index in [2.05, 4.69) is 15.3 Å². The van der Waals surface area contributed by atoms with Gasteiger partial charge in [-0.2, -0.15) is 0 Å². The Morgan fingerprint density at radius 1 is 1.15 bits per heavy atom. The number of aromatic nitrogens is 2. The van der Waals surface area contributed by atoms with Crippen LogP contribution < -0.4 is 11.0 Å². The van der Waals surface area contributed by atoms with Gasteiger partial charge in [-0.25, -0.2) is 9.59 Å². The number of H-pyrrole nitrogens is 2. The van der Waals surface area contributed by atoms with Crippen molar-refractivity contribution in [2.75, 3.05) is 18.4 Å². The number of aromatic amines is 2. The minimum Gasteiger partial charge on any atom is -0.444 e. The summed E-state index contributed by atoms with van der Waals surface area (Å²) in [6, 6.07) is 5.22. The predicted octanol–water partition coefficient (Wildman–Crippen LogP) is 2.44. The molecule has 2 aromatic rings. The number of amides is 2. The van der Waals surface area contributed by atoms with Crippen LogP contribution in [-0.4, -0.2) is 45.6 Å². The average molecular weight is 360 g/mol. The van der Waals surface area contributed by atoms with Gasteiger partial charge < -0.3 is 24.9 Å². The molecule has 1 saturated heterocycles. The highest BCUT2D eigenvalue weighted by atomic mass is 16.6. The van der Waals surface area contributed by atoms with Crippen molar-refractivity contribution >= 4 is 28.7 Å². The molecule has 1 aliphatic heterocycles. The van der Waals surface area contributed by atoms with Crippen LogP contribution in [0.2, 0.25) is 0 Å². The van der Waals surface area contributed by atoms with Gasteiger partial charge in [-0.05, 0) is 51.8 Å². The second-order valence-electron chi connectivity index (χ2n) is 7.57. The van der Waals surface area contributed by atoms with E-state index >= 15 is 0 Å². The molecule has 140 valence electrons. The maximum atomic E-state index is 12.5. The van der Waals surface area contributed by atoms with Crippen LogP contribution in [0.5, 0.6) is 0 Å². The zero-order valence-corrected chi connectivity index (χ0v) is 15.2. The lowest BCUT2D eigenvalue weighted by Gasteiger charge is -2.32. The van der Waals surface area contributed by atoms with Crippen LogP contribution >= 0.6 is 0 Å². The average Bonchev–Trinajstić information content (AvgIpc) is 2.92. The second kappa shape index (κ2) is 6.86. The summed E-state index contributed by atoms with van der Waals surface area (Å²) in [5.74, 6) is -0.235. The van der Waals surface area contributed by atoms with Crippen LogP contribution in [0.1, 0.15) is 33.6 Å². The normalized spacial score (nSPS) is 15.9. The van der Waals surface area contributed by atoms with E-state index in [0.717, 1.165) is 0 Å². The predicted molar refractivity (Wildman–Crippen MR) is 98.1 cm³/mol. The van der Waals surface area contributed by atoms with Crippen LogP contribution in [0.3, 0.4) is 0 Å². The molecule has 0 radical (unpaired) electrons. The first kappa shape index (κ1) is 18.0. The first-order valence-electron chi connectivity index (χ1n) is 8.72. The maximum absolute atomic E-state index is 12.5. The highest BCUT2D eigenvalue weighted by Crippen LogP contribution is 2.22. The fourth-order valence-electron chi connectivity index (χ4n) is 3.01. The van der Waals surface area contributed by atoms with Gasteiger partial charge in [-0.3, -0.25) is 4.79 Å². The molecule has 0 aliphatic carbocycles. The Hall–Kier alpha value is -2.77. The molecule has 0 unspecified atom stereocenters. The third-order valence-electron chi connectivity index (χ3n) is 4.30. The Morgan fingerprint density at radius 3 is 2.46 bits per heavy atom. The molecule has 1 aromatic carbocycles. The third-order valence-corrected chi connectivity index (χ3v) is 4.30. The summed E-state index contributed by atoms with van der Waals surface area (Å²) in [6.07, 6.45) is 0.848. The second-order valence-corrected chi connectivity index (χ2v) is 7.57. The SMILES string of the molecule is CC(C)(C)OC(=O)N1CCC(C(=O)Nc2ccc3[nH]c(=O)[nH]c3c2)CC1. The number of carbonyl (C=O) groups excluding carboxylic acids is 2. The van der Waals surface area contributed by atoms with Crippen molar-refractivity contribution in [3.05, 3.63) is 28.7 Å². The number of rotatable bonds is 2. The smallest absolute Gasteiger partial charge is 0.410 e. The Kier molecular flexibility index (Phi) is 4.76. The molecule has 26 heavy (non-hydrogen) atoms. The number of piperidine rings is 1. The van der Waals surface area contributed by atoms with Crippen LogP contribution in [0, 0.1) is 5.92 Å². The van der Waals surface area contributed by atoms with Crippen molar-refractivity contribution in [3.63, 3.8) is 0 Å². The van der Waals surface area contributed by atoms with Gasteiger partial charge in [0.25, 0.3) is 0 Å². The topological polar surface area (TPSA) is 107 Å². The summed E-state index contributed by atoms with van der Waals surface area (Å²) in [6.45, 7) is 6.49. The Labute approximate surface area is 150 Å². The molecule has 0 atom stereocenters. The molecule has 0 bridgehead atoms. The van der Waals surface area contributed by atoms with E-state index in [9.17, 15) is 14.4 Å². The van der Waals surface area contributed by atoms with Gasteiger partial charge in [0.2, 0.25) is 5.91 Å². The molecule has 3 rings (SSSR count). The molecule has 2 heterocycles. The zero-order chi connectivity index (χ0) is 18.9. The van der Waals surface area contributed by atoms with Crippen LogP contribution in [0.4, 0.5) is 10.5 Å². The van der Waals surface area contributed by atoms with E-state index in [0.29, 0.717) is 42.7 Å². The summed E-state index contributed by atoms with van der Waals surface area (Å²) in [5, 5.41) is 2.89. The lowest BCUT2D eigenvalue weighted by Crippen LogP contribution is -2.43.